The van der Waals surface area contributed by atoms with Crippen LogP contribution in [-0.4, -0.2) is 81.2 Å². The normalized spacial score (nSPS) is 20.5. The molecule has 0 saturated heterocycles. The minimum absolute atomic E-state index is 0.0332. The van der Waals surface area contributed by atoms with E-state index in [9.17, 15) is 18.3 Å². The molecule has 0 bridgehead atoms. The molecule has 202 valence electrons. The summed E-state index contributed by atoms with van der Waals surface area (Å²) in [7, 11) is -1.47. The van der Waals surface area contributed by atoms with Crippen LogP contribution in [0.3, 0.4) is 0 Å². The minimum Gasteiger partial charge on any atom is -0.488 e. The highest BCUT2D eigenvalue weighted by Gasteiger charge is 2.31. The summed E-state index contributed by atoms with van der Waals surface area (Å²) in [6.45, 7) is 5.57. The van der Waals surface area contributed by atoms with E-state index < -0.39 is 10.0 Å². The zero-order valence-corrected chi connectivity index (χ0v) is 22.5. The molecule has 0 fully saturated rings. The van der Waals surface area contributed by atoms with Crippen molar-refractivity contribution in [3.05, 3.63) is 47.5 Å². The Morgan fingerprint density at radius 3 is 2.62 bits per heavy atom. The summed E-state index contributed by atoms with van der Waals surface area (Å²) in [6, 6.07) is 10.5. The van der Waals surface area contributed by atoms with Gasteiger partial charge in [0.25, 0.3) is 0 Å². The Kier molecular flexibility index (Phi) is 8.15. The highest BCUT2D eigenvalue weighted by atomic mass is 32.2. The molecular formula is C26H35N3O7S. The number of aliphatic hydroxyl groups is 1. The first-order chi connectivity index (χ1) is 17.5. The van der Waals surface area contributed by atoms with E-state index in [0.717, 1.165) is 23.3 Å². The predicted octanol–water partition coefficient (Wildman–Crippen LogP) is 2.07. The fourth-order valence-electron chi connectivity index (χ4n) is 4.65. The molecule has 0 saturated carbocycles. The summed E-state index contributed by atoms with van der Waals surface area (Å²) >= 11 is 0. The zero-order chi connectivity index (χ0) is 26.7. The van der Waals surface area contributed by atoms with Crippen molar-refractivity contribution in [1.29, 1.82) is 0 Å². The lowest BCUT2D eigenvalue weighted by molar-refractivity contribution is -0.134. The van der Waals surface area contributed by atoms with Gasteiger partial charge in [-0.15, -0.1) is 0 Å². The van der Waals surface area contributed by atoms with Gasteiger partial charge in [0.05, 0.1) is 25.3 Å². The van der Waals surface area contributed by atoms with E-state index in [2.05, 4.69) is 9.62 Å². The molecule has 2 aliphatic rings. The average molecular weight is 534 g/mol. The van der Waals surface area contributed by atoms with Gasteiger partial charge in [0, 0.05) is 36.8 Å². The molecule has 3 atom stereocenters. The van der Waals surface area contributed by atoms with Gasteiger partial charge in [-0.25, -0.2) is 8.42 Å². The van der Waals surface area contributed by atoms with Gasteiger partial charge in [0.15, 0.2) is 11.5 Å². The fourth-order valence-corrected chi connectivity index (χ4v) is 5.20. The number of fused-ring (bicyclic) bond motifs is 2. The van der Waals surface area contributed by atoms with Gasteiger partial charge in [-0.2, -0.15) is 0 Å². The number of nitrogens with zero attached hydrogens (tertiary/aromatic N) is 2. The molecule has 2 aromatic rings. The third-order valence-corrected chi connectivity index (χ3v) is 7.21. The van der Waals surface area contributed by atoms with Gasteiger partial charge in [0.2, 0.25) is 22.7 Å². The second kappa shape index (κ2) is 11.2. The van der Waals surface area contributed by atoms with Gasteiger partial charge < -0.3 is 24.2 Å². The second-order valence-corrected chi connectivity index (χ2v) is 11.7. The molecule has 2 aliphatic heterocycles. The van der Waals surface area contributed by atoms with Crippen LogP contribution >= 0.6 is 0 Å². The van der Waals surface area contributed by atoms with E-state index in [1.165, 1.54) is 0 Å². The number of benzene rings is 2. The third kappa shape index (κ3) is 6.85. The summed E-state index contributed by atoms with van der Waals surface area (Å²) in [4.78, 5) is 17.1. The molecule has 0 radical (unpaired) electrons. The number of hydrogen-bond acceptors (Lipinski definition) is 8. The fraction of sp³-hybridized carbons (Fsp3) is 0.500. The molecular weight excluding hydrogens is 498 g/mol. The van der Waals surface area contributed by atoms with Crippen LogP contribution < -0.4 is 18.9 Å². The van der Waals surface area contributed by atoms with E-state index in [1.807, 2.05) is 39.1 Å². The molecule has 0 aromatic heterocycles. The highest BCUT2D eigenvalue weighted by Crippen LogP contribution is 2.33. The third-order valence-electron chi connectivity index (χ3n) is 6.60. The zero-order valence-electron chi connectivity index (χ0n) is 21.6. The molecule has 10 nitrogen and oxygen atoms in total. The van der Waals surface area contributed by atoms with E-state index in [-0.39, 0.29) is 43.8 Å². The van der Waals surface area contributed by atoms with Crippen LogP contribution in [0, 0.1) is 5.92 Å². The summed E-state index contributed by atoms with van der Waals surface area (Å²) in [5.74, 6) is 1.82. The van der Waals surface area contributed by atoms with Gasteiger partial charge in [-0.3, -0.25) is 14.4 Å². The molecule has 0 unspecified atom stereocenters. The van der Waals surface area contributed by atoms with Crippen molar-refractivity contribution in [2.75, 3.05) is 44.5 Å². The van der Waals surface area contributed by atoms with Crippen molar-refractivity contribution in [1.82, 2.24) is 9.80 Å². The highest BCUT2D eigenvalue weighted by molar-refractivity contribution is 7.92. The maximum absolute atomic E-state index is 13.3. The number of likely N-dealkylation sites (N-methyl/N-ethyl adjacent to an activating group) is 1. The van der Waals surface area contributed by atoms with Crippen LogP contribution in [0.5, 0.6) is 17.2 Å². The molecule has 4 rings (SSSR count). The number of amides is 1. The quantitative estimate of drug-likeness (QED) is 0.530. The minimum atomic E-state index is -3.48. The molecule has 2 heterocycles. The number of carbonyl (C=O) groups excluding carboxylic acids is 1. The van der Waals surface area contributed by atoms with E-state index >= 15 is 0 Å². The van der Waals surface area contributed by atoms with Crippen molar-refractivity contribution < 1.29 is 32.5 Å². The van der Waals surface area contributed by atoms with Crippen molar-refractivity contribution >= 4 is 21.6 Å². The lowest BCUT2D eigenvalue weighted by Gasteiger charge is -2.34. The standard InChI is InChI=1S/C26H35N3O7S/c1-17-12-29(18(2)15-30)26(31)11-20-10-21(27-37(4,32)33)6-8-22(20)36-25(17)14-28(3)13-19-5-7-23-24(9-19)35-16-34-23/h5-10,17-18,25,27,30H,11-16H2,1-4H3/t17-,18-,25+/m1/s1. The summed E-state index contributed by atoms with van der Waals surface area (Å²) < 4.78 is 43.4. The van der Waals surface area contributed by atoms with Gasteiger partial charge in [-0.05, 0) is 49.9 Å². The first kappa shape index (κ1) is 27.0. The smallest absolute Gasteiger partial charge is 0.231 e. The van der Waals surface area contributed by atoms with E-state index in [4.69, 9.17) is 14.2 Å². The van der Waals surface area contributed by atoms with Gasteiger partial charge in [0.1, 0.15) is 11.9 Å². The molecule has 2 N–H and O–H groups in total. The van der Waals surface area contributed by atoms with Crippen molar-refractivity contribution in [3.8, 4) is 17.2 Å². The largest absolute Gasteiger partial charge is 0.488 e. The van der Waals surface area contributed by atoms with E-state index in [1.54, 1.807) is 23.1 Å². The Hall–Kier alpha value is -3.02. The van der Waals surface area contributed by atoms with Crippen LogP contribution in [-0.2, 0) is 27.8 Å². The number of sulfonamides is 1. The topological polar surface area (TPSA) is 118 Å². The molecule has 11 heteroatoms. The SMILES string of the molecule is C[C@@H]1CN([C@H](C)CO)C(=O)Cc2cc(NS(C)(=O)=O)ccc2O[C@H]1CN(C)Cc1ccc2c(c1)OCO2. The van der Waals surface area contributed by atoms with Gasteiger partial charge in [-0.1, -0.05) is 13.0 Å². The molecule has 0 aliphatic carbocycles. The lowest BCUT2D eigenvalue weighted by atomic mass is 10.0. The summed E-state index contributed by atoms with van der Waals surface area (Å²) in [6.07, 6.45) is 0.839. The maximum atomic E-state index is 13.3. The first-order valence-corrected chi connectivity index (χ1v) is 14.2. The second-order valence-electron chi connectivity index (χ2n) is 9.97. The number of nitrogens with one attached hydrogen (secondary N) is 1. The van der Waals surface area contributed by atoms with Crippen molar-refractivity contribution in [3.63, 3.8) is 0 Å². The lowest BCUT2D eigenvalue weighted by Crippen LogP contribution is -2.47. The van der Waals surface area contributed by atoms with E-state index in [0.29, 0.717) is 36.6 Å². The Bertz CT molecular complexity index is 1240. The number of aliphatic hydroxyl groups excluding tert-OH is 1. The predicted molar refractivity (Wildman–Crippen MR) is 139 cm³/mol. The number of ether oxygens (including phenoxy) is 3. The van der Waals surface area contributed by atoms with Crippen LogP contribution in [0.15, 0.2) is 36.4 Å². The molecule has 37 heavy (non-hydrogen) atoms. The monoisotopic (exact) mass is 533 g/mol. The Balaban J connectivity index is 1.59. The molecule has 1 amide bonds. The number of rotatable bonds is 8. The number of carbonyl (C=O) groups is 1. The van der Waals surface area contributed by atoms with Gasteiger partial charge >= 0.3 is 0 Å². The van der Waals surface area contributed by atoms with Crippen LogP contribution in [0.25, 0.3) is 0 Å². The van der Waals surface area contributed by atoms with Crippen molar-refractivity contribution in [2.24, 2.45) is 5.92 Å². The van der Waals surface area contributed by atoms with Crippen LogP contribution in [0.4, 0.5) is 5.69 Å². The summed E-state index contributed by atoms with van der Waals surface area (Å²) in [5.41, 5.74) is 2.03. The van der Waals surface area contributed by atoms with Crippen LogP contribution in [0.1, 0.15) is 25.0 Å². The number of hydrogen-bond donors (Lipinski definition) is 2. The van der Waals surface area contributed by atoms with Crippen LogP contribution in [0.2, 0.25) is 0 Å². The van der Waals surface area contributed by atoms with Crippen molar-refractivity contribution in [2.45, 2.75) is 39.0 Å². The maximum Gasteiger partial charge on any atom is 0.231 e. The molecule has 2 aromatic carbocycles. The Morgan fingerprint density at radius 2 is 1.89 bits per heavy atom. The first-order valence-electron chi connectivity index (χ1n) is 12.3. The number of anilines is 1. The molecule has 0 spiro atoms. The Morgan fingerprint density at radius 1 is 1.16 bits per heavy atom. The average Bonchev–Trinajstić information content (AvgIpc) is 3.30. The summed E-state index contributed by atoms with van der Waals surface area (Å²) in [5, 5.41) is 9.80. The Labute approximate surface area is 218 Å².